The predicted molar refractivity (Wildman–Crippen MR) is 131 cm³/mol. The molecule has 2 aliphatic rings. The Kier molecular flexibility index (Phi) is 5.68. The number of pyridine rings is 1. The van der Waals surface area contributed by atoms with E-state index >= 15 is 0 Å². The van der Waals surface area contributed by atoms with Crippen LogP contribution in [0.25, 0.3) is 28.1 Å². The van der Waals surface area contributed by atoms with Gasteiger partial charge in [0.1, 0.15) is 0 Å². The van der Waals surface area contributed by atoms with Crippen molar-refractivity contribution in [2.45, 2.75) is 6.42 Å². The first kappa shape index (κ1) is 20.7. The lowest BCUT2D eigenvalue weighted by Gasteiger charge is -2.23. The highest BCUT2D eigenvalue weighted by atomic mass is 32.2. The number of carbonyl (C=O) groups excluding carboxylic acids is 2. The molecule has 2 fully saturated rings. The minimum Gasteiger partial charge on any atom is -0.370 e. The maximum atomic E-state index is 11.9. The molecule has 2 saturated heterocycles. The number of fused-ring (bicyclic) bond motifs is 1. The molecule has 6 nitrogen and oxygen atoms in total. The molecule has 0 spiro atoms. The van der Waals surface area contributed by atoms with Crippen molar-refractivity contribution in [2.24, 2.45) is 0 Å². The minimum atomic E-state index is -0.346. The summed E-state index contributed by atoms with van der Waals surface area (Å²) in [6.45, 7) is 4.34. The van der Waals surface area contributed by atoms with Crippen molar-refractivity contribution in [1.29, 1.82) is 0 Å². The van der Waals surface area contributed by atoms with Crippen molar-refractivity contribution < 1.29 is 9.59 Å². The lowest BCUT2D eigenvalue weighted by Crippen LogP contribution is -2.28. The van der Waals surface area contributed by atoms with Gasteiger partial charge in [0.2, 0.25) is 0 Å². The van der Waals surface area contributed by atoms with Gasteiger partial charge in [0.15, 0.2) is 0 Å². The van der Waals surface area contributed by atoms with Gasteiger partial charge in [0.25, 0.3) is 11.1 Å². The number of rotatable bonds is 3. The summed E-state index contributed by atoms with van der Waals surface area (Å²) in [6.07, 6.45) is 4.75. The fourth-order valence-electron chi connectivity index (χ4n) is 4.23. The summed E-state index contributed by atoms with van der Waals surface area (Å²) < 4.78 is 0. The van der Waals surface area contributed by atoms with E-state index in [9.17, 15) is 9.59 Å². The molecule has 162 valence electrons. The van der Waals surface area contributed by atoms with Crippen LogP contribution in [0.4, 0.5) is 10.5 Å². The molecule has 2 aliphatic heterocycles. The molecule has 1 N–H and O–H groups in total. The molecule has 7 heteroatoms. The van der Waals surface area contributed by atoms with Crippen LogP contribution in [-0.2, 0) is 4.79 Å². The number of imide groups is 1. The standard InChI is InChI=1S/C25H24N4O2S/c1-28-11-2-12-29(14-13-28)19-6-4-18(5-7-19)20-9-10-26-22-8-3-17(15-21(20)22)16-23-24(30)27-25(31)32-23/h3-10,15-16H,2,11-14H2,1H3,(H,27,30,31). The molecule has 5 rings (SSSR count). The zero-order valence-corrected chi connectivity index (χ0v) is 18.7. The van der Waals surface area contributed by atoms with E-state index in [1.807, 2.05) is 30.5 Å². The number of hydrogen-bond donors (Lipinski definition) is 1. The molecular formula is C25H24N4O2S. The topological polar surface area (TPSA) is 65.5 Å². The van der Waals surface area contributed by atoms with Crippen LogP contribution in [0, 0.1) is 0 Å². The zero-order chi connectivity index (χ0) is 22.1. The Labute approximate surface area is 191 Å². The summed E-state index contributed by atoms with van der Waals surface area (Å²) in [6, 6.07) is 16.7. The lowest BCUT2D eigenvalue weighted by molar-refractivity contribution is -0.115. The monoisotopic (exact) mass is 444 g/mol. The highest BCUT2D eigenvalue weighted by Gasteiger charge is 2.25. The minimum absolute atomic E-state index is 0.333. The third-order valence-electron chi connectivity index (χ3n) is 5.97. The van der Waals surface area contributed by atoms with Gasteiger partial charge in [-0.2, -0.15) is 0 Å². The van der Waals surface area contributed by atoms with Crippen molar-refractivity contribution in [2.75, 3.05) is 38.1 Å². The first-order valence-corrected chi connectivity index (χ1v) is 11.6. The molecule has 0 aliphatic carbocycles. The van der Waals surface area contributed by atoms with Gasteiger partial charge in [-0.1, -0.05) is 18.2 Å². The molecule has 1 aromatic heterocycles. The molecule has 3 aromatic rings. The van der Waals surface area contributed by atoms with E-state index in [0.29, 0.717) is 4.91 Å². The third-order valence-corrected chi connectivity index (χ3v) is 6.78. The normalized spacial score (nSPS) is 18.9. The summed E-state index contributed by atoms with van der Waals surface area (Å²) in [5.41, 5.74) is 5.23. The van der Waals surface area contributed by atoms with Crippen molar-refractivity contribution in [3.63, 3.8) is 0 Å². The Bertz CT molecular complexity index is 1220. The van der Waals surface area contributed by atoms with E-state index in [2.05, 4.69) is 51.4 Å². The van der Waals surface area contributed by atoms with Gasteiger partial charge >= 0.3 is 0 Å². The number of aromatic nitrogens is 1. The van der Waals surface area contributed by atoms with Crippen LogP contribution in [0.3, 0.4) is 0 Å². The summed E-state index contributed by atoms with van der Waals surface area (Å²) in [4.78, 5) is 33.1. The molecule has 0 saturated carbocycles. The predicted octanol–water partition coefficient (Wildman–Crippen LogP) is 4.37. The number of thioether (sulfide) groups is 1. The van der Waals surface area contributed by atoms with Gasteiger partial charge < -0.3 is 9.80 Å². The van der Waals surface area contributed by atoms with Crippen molar-refractivity contribution >= 4 is 45.6 Å². The van der Waals surface area contributed by atoms with Crippen LogP contribution in [0.5, 0.6) is 0 Å². The average Bonchev–Trinajstić information content (AvgIpc) is 2.97. The van der Waals surface area contributed by atoms with Gasteiger partial charge in [0, 0.05) is 36.9 Å². The Morgan fingerprint density at radius 2 is 1.84 bits per heavy atom. The fourth-order valence-corrected chi connectivity index (χ4v) is 4.92. The number of hydrogen-bond acceptors (Lipinski definition) is 6. The maximum absolute atomic E-state index is 11.9. The first-order chi connectivity index (χ1) is 15.6. The second-order valence-corrected chi connectivity index (χ2v) is 9.19. The van der Waals surface area contributed by atoms with Crippen LogP contribution in [-0.4, -0.2) is 54.3 Å². The van der Waals surface area contributed by atoms with Crippen LogP contribution in [0.2, 0.25) is 0 Å². The van der Waals surface area contributed by atoms with E-state index < -0.39 is 0 Å². The summed E-state index contributed by atoms with van der Waals surface area (Å²) >= 11 is 0.929. The molecule has 0 bridgehead atoms. The highest BCUT2D eigenvalue weighted by molar-refractivity contribution is 8.18. The van der Waals surface area contributed by atoms with E-state index in [1.54, 1.807) is 6.08 Å². The maximum Gasteiger partial charge on any atom is 0.290 e. The molecule has 0 radical (unpaired) electrons. The molecule has 0 atom stereocenters. The van der Waals surface area contributed by atoms with Crippen molar-refractivity contribution in [3.8, 4) is 11.1 Å². The Morgan fingerprint density at radius 3 is 2.62 bits per heavy atom. The van der Waals surface area contributed by atoms with E-state index in [-0.39, 0.29) is 11.1 Å². The highest BCUT2D eigenvalue weighted by Crippen LogP contribution is 2.32. The summed E-state index contributed by atoms with van der Waals surface area (Å²) in [5.74, 6) is -0.346. The molecule has 2 amide bonds. The second-order valence-electron chi connectivity index (χ2n) is 8.18. The van der Waals surface area contributed by atoms with Crippen LogP contribution < -0.4 is 10.2 Å². The van der Waals surface area contributed by atoms with Gasteiger partial charge in [0.05, 0.1) is 10.4 Å². The van der Waals surface area contributed by atoms with Crippen LogP contribution >= 0.6 is 11.8 Å². The number of nitrogens with zero attached hydrogens (tertiary/aromatic N) is 3. The largest absolute Gasteiger partial charge is 0.370 e. The van der Waals surface area contributed by atoms with Gasteiger partial charge in [-0.05, 0) is 84.9 Å². The number of amides is 2. The van der Waals surface area contributed by atoms with Crippen LogP contribution in [0.1, 0.15) is 12.0 Å². The number of likely N-dealkylation sites (N-methyl/N-ethyl adjacent to an activating group) is 1. The molecule has 32 heavy (non-hydrogen) atoms. The summed E-state index contributed by atoms with van der Waals surface area (Å²) in [7, 11) is 2.18. The Hall–Kier alpha value is -3.16. The SMILES string of the molecule is CN1CCCN(c2ccc(-c3ccnc4ccc(C=C5SC(=O)NC5=O)cc34)cc2)CC1. The Balaban J connectivity index is 1.46. The quantitative estimate of drug-likeness (QED) is 0.606. The van der Waals surface area contributed by atoms with Crippen LogP contribution in [0.15, 0.2) is 59.6 Å². The third kappa shape index (κ3) is 4.26. The van der Waals surface area contributed by atoms with E-state index in [4.69, 9.17) is 0 Å². The van der Waals surface area contributed by atoms with Gasteiger partial charge in [-0.15, -0.1) is 0 Å². The number of nitrogens with one attached hydrogen (secondary N) is 1. The van der Waals surface area contributed by atoms with Crippen molar-refractivity contribution in [1.82, 2.24) is 15.2 Å². The number of benzene rings is 2. The Morgan fingerprint density at radius 1 is 1.00 bits per heavy atom. The fraction of sp³-hybridized carbons (Fsp3) is 0.240. The smallest absolute Gasteiger partial charge is 0.290 e. The molecule has 2 aromatic carbocycles. The lowest BCUT2D eigenvalue weighted by atomic mass is 9.99. The number of carbonyl (C=O) groups is 2. The molecule has 3 heterocycles. The zero-order valence-electron chi connectivity index (χ0n) is 17.9. The summed E-state index contributed by atoms with van der Waals surface area (Å²) in [5, 5.41) is 2.98. The molecular weight excluding hydrogens is 420 g/mol. The van der Waals surface area contributed by atoms with Gasteiger partial charge in [-0.3, -0.25) is 19.9 Å². The molecule has 0 unspecified atom stereocenters. The van der Waals surface area contributed by atoms with E-state index in [1.165, 1.54) is 12.1 Å². The average molecular weight is 445 g/mol. The second kappa shape index (κ2) is 8.76. The number of anilines is 1. The first-order valence-electron chi connectivity index (χ1n) is 10.7. The van der Waals surface area contributed by atoms with Gasteiger partial charge in [-0.25, -0.2) is 0 Å². The van der Waals surface area contributed by atoms with E-state index in [0.717, 1.165) is 65.5 Å². The van der Waals surface area contributed by atoms with Crippen molar-refractivity contribution in [3.05, 3.63) is 65.2 Å².